The smallest absolute Gasteiger partial charge is 0.232 e. The van der Waals surface area contributed by atoms with Gasteiger partial charge in [-0.3, -0.25) is 4.72 Å². The van der Waals surface area contributed by atoms with Crippen LogP contribution in [-0.2, 0) is 16.4 Å². The lowest BCUT2D eigenvalue weighted by atomic mass is 10.1. The first kappa shape index (κ1) is 17.3. The first-order valence-corrected chi connectivity index (χ1v) is 9.48. The summed E-state index contributed by atoms with van der Waals surface area (Å²) in [4.78, 5) is 4.19. The van der Waals surface area contributed by atoms with Crippen molar-refractivity contribution in [2.45, 2.75) is 26.2 Å². The minimum Gasteiger partial charge on any atom is -0.370 e. The van der Waals surface area contributed by atoms with Crippen molar-refractivity contribution in [2.24, 2.45) is 0 Å². The summed E-state index contributed by atoms with van der Waals surface area (Å²) in [6.45, 7) is 2.92. The number of hydrogen-bond acceptors (Lipinski definition) is 4. The zero-order valence-corrected chi connectivity index (χ0v) is 14.1. The van der Waals surface area contributed by atoms with Gasteiger partial charge in [0.2, 0.25) is 10.0 Å². The Morgan fingerprint density at radius 3 is 2.52 bits per heavy atom. The van der Waals surface area contributed by atoms with Gasteiger partial charge in [0, 0.05) is 6.54 Å². The standard InChI is InChI=1S/C17H23N3O2S/c1-2-12-18-17-11-10-16(14-19-17)20-23(21,22)13-6-9-15-7-4-3-5-8-15/h3-5,7-8,10-11,14,20H,2,6,9,12-13H2,1H3,(H,18,19). The molecule has 0 spiro atoms. The van der Waals surface area contributed by atoms with Crippen LogP contribution in [0.15, 0.2) is 48.7 Å². The minimum absolute atomic E-state index is 0.0950. The molecule has 0 fully saturated rings. The molecule has 0 bridgehead atoms. The number of anilines is 2. The highest BCUT2D eigenvalue weighted by Crippen LogP contribution is 2.12. The van der Waals surface area contributed by atoms with Crippen molar-refractivity contribution in [2.75, 3.05) is 22.3 Å². The first-order valence-electron chi connectivity index (χ1n) is 7.83. The zero-order chi connectivity index (χ0) is 16.5. The zero-order valence-electron chi connectivity index (χ0n) is 13.3. The van der Waals surface area contributed by atoms with E-state index in [0.717, 1.165) is 30.8 Å². The van der Waals surface area contributed by atoms with Crippen LogP contribution in [0.4, 0.5) is 11.5 Å². The van der Waals surface area contributed by atoms with Crippen LogP contribution >= 0.6 is 0 Å². The van der Waals surface area contributed by atoms with Crippen LogP contribution in [0.3, 0.4) is 0 Å². The lowest BCUT2D eigenvalue weighted by Gasteiger charge is -2.09. The normalized spacial score (nSPS) is 11.2. The van der Waals surface area contributed by atoms with Gasteiger partial charge in [-0.15, -0.1) is 0 Å². The van der Waals surface area contributed by atoms with Crippen LogP contribution in [0.5, 0.6) is 0 Å². The van der Waals surface area contributed by atoms with E-state index < -0.39 is 10.0 Å². The topological polar surface area (TPSA) is 71.1 Å². The molecule has 124 valence electrons. The molecule has 0 unspecified atom stereocenters. The quantitative estimate of drug-likeness (QED) is 0.739. The first-order chi connectivity index (χ1) is 11.1. The van der Waals surface area contributed by atoms with Crippen molar-refractivity contribution in [3.8, 4) is 0 Å². The average molecular weight is 333 g/mol. The number of pyridine rings is 1. The molecular weight excluding hydrogens is 310 g/mol. The van der Waals surface area contributed by atoms with E-state index >= 15 is 0 Å². The number of benzene rings is 1. The molecule has 23 heavy (non-hydrogen) atoms. The molecule has 0 amide bonds. The summed E-state index contributed by atoms with van der Waals surface area (Å²) in [7, 11) is -3.34. The second-order valence-corrected chi connectivity index (χ2v) is 7.21. The third-order valence-corrected chi connectivity index (χ3v) is 4.69. The summed E-state index contributed by atoms with van der Waals surface area (Å²) in [5.74, 6) is 0.844. The lowest BCUT2D eigenvalue weighted by molar-refractivity contribution is 0.598. The van der Waals surface area contributed by atoms with E-state index in [1.807, 2.05) is 30.3 Å². The van der Waals surface area contributed by atoms with Gasteiger partial charge < -0.3 is 5.32 Å². The molecule has 0 aliphatic rings. The summed E-state index contributed by atoms with van der Waals surface area (Å²) in [5, 5.41) is 3.15. The molecule has 0 aliphatic heterocycles. The number of hydrogen-bond donors (Lipinski definition) is 2. The Labute approximate surface area is 138 Å². The highest BCUT2D eigenvalue weighted by atomic mass is 32.2. The van der Waals surface area contributed by atoms with E-state index in [1.54, 1.807) is 12.1 Å². The van der Waals surface area contributed by atoms with Gasteiger partial charge in [-0.05, 0) is 37.0 Å². The van der Waals surface area contributed by atoms with E-state index in [2.05, 4.69) is 21.9 Å². The van der Waals surface area contributed by atoms with E-state index in [0.29, 0.717) is 12.1 Å². The van der Waals surface area contributed by atoms with Crippen LogP contribution in [0.1, 0.15) is 25.3 Å². The maximum atomic E-state index is 12.1. The highest BCUT2D eigenvalue weighted by Gasteiger charge is 2.10. The Bertz CT molecular complexity index is 686. The molecule has 0 radical (unpaired) electrons. The van der Waals surface area contributed by atoms with Gasteiger partial charge in [0.15, 0.2) is 0 Å². The van der Waals surface area contributed by atoms with Crippen molar-refractivity contribution in [1.82, 2.24) is 4.98 Å². The maximum absolute atomic E-state index is 12.1. The summed E-state index contributed by atoms with van der Waals surface area (Å²) < 4.78 is 26.8. The third kappa shape index (κ3) is 6.28. The van der Waals surface area contributed by atoms with Crippen LogP contribution in [0.2, 0.25) is 0 Å². The Hall–Kier alpha value is -2.08. The summed E-state index contributed by atoms with van der Waals surface area (Å²) >= 11 is 0. The molecule has 0 atom stereocenters. The molecule has 0 aliphatic carbocycles. The largest absolute Gasteiger partial charge is 0.370 e. The molecule has 1 aromatic carbocycles. The lowest BCUT2D eigenvalue weighted by Crippen LogP contribution is -2.17. The fourth-order valence-corrected chi connectivity index (χ4v) is 3.26. The van der Waals surface area contributed by atoms with Gasteiger partial charge in [-0.1, -0.05) is 37.3 Å². The van der Waals surface area contributed by atoms with Crippen molar-refractivity contribution >= 4 is 21.5 Å². The van der Waals surface area contributed by atoms with Crippen LogP contribution in [0.25, 0.3) is 0 Å². The molecule has 6 heteroatoms. The average Bonchev–Trinajstić information content (AvgIpc) is 2.55. The van der Waals surface area contributed by atoms with Gasteiger partial charge in [0.05, 0.1) is 17.6 Å². The van der Waals surface area contributed by atoms with Crippen LogP contribution in [0, 0.1) is 0 Å². The SMILES string of the molecule is CCCNc1ccc(NS(=O)(=O)CCCc2ccccc2)cn1. The Balaban J connectivity index is 1.83. The highest BCUT2D eigenvalue weighted by molar-refractivity contribution is 7.92. The molecule has 0 saturated carbocycles. The summed E-state index contributed by atoms with van der Waals surface area (Å²) in [6.07, 6.45) is 3.88. The number of nitrogens with zero attached hydrogens (tertiary/aromatic N) is 1. The number of sulfonamides is 1. The maximum Gasteiger partial charge on any atom is 0.232 e. The summed E-state index contributed by atoms with van der Waals surface area (Å²) in [6, 6.07) is 13.4. The van der Waals surface area contributed by atoms with Gasteiger partial charge in [-0.25, -0.2) is 13.4 Å². The predicted molar refractivity (Wildman–Crippen MR) is 95.2 cm³/mol. The van der Waals surface area contributed by atoms with Crippen molar-refractivity contribution in [1.29, 1.82) is 0 Å². The second-order valence-electron chi connectivity index (χ2n) is 5.37. The summed E-state index contributed by atoms with van der Waals surface area (Å²) in [5.41, 5.74) is 1.64. The van der Waals surface area contributed by atoms with E-state index in [-0.39, 0.29) is 5.75 Å². The van der Waals surface area contributed by atoms with Crippen molar-refractivity contribution < 1.29 is 8.42 Å². The van der Waals surface area contributed by atoms with Gasteiger partial charge in [0.25, 0.3) is 0 Å². The molecule has 2 aromatic rings. The fourth-order valence-electron chi connectivity index (χ4n) is 2.15. The third-order valence-electron chi connectivity index (χ3n) is 3.31. The number of rotatable bonds is 9. The van der Waals surface area contributed by atoms with Crippen molar-refractivity contribution in [3.63, 3.8) is 0 Å². The molecule has 5 nitrogen and oxygen atoms in total. The predicted octanol–water partition coefficient (Wildman–Crippen LogP) is 3.28. The Kier molecular flexibility index (Phi) is 6.40. The van der Waals surface area contributed by atoms with Crippen LogP contribution < -0.4 is 10.0 Å². The van der Waals surface area contributed by atoms with Gasteiger partial charge in [0.1, 0.15) is 5.82 Å². The minimum atomic E-state index is -3.34. The molecular formula is C17H23N3O2S. The molecule has 2 rings (SSSR count). The van der Waals surface area contributed by atoms with E-state index in [1.165, 1.54) is 6.20 Å². The molecule has 1 aromatic heterocycles. The molecule has 2 N–H and O–H groups in total. The molecule has 0 saturated heterocycles. The second kappa shape index (κ2) is 8.53. The van der Waals surface area contributed by atoms with Crippen molar-refractivity contribution in [3.05, 3.63) is 54.2 Å². The van der Waals surface area contributed by atoms with E-state index in [9.17, 15) is 8.42 Å². The van der Waals surface area contributed by atoms with Crippen LogP contribution in [-0.4, -0.2) is 25.7 Å². The van der Waals surface area contributed by atoms with Gasteiger partial charge >= 0.3 is 0 Å². The Morgan fingerprint density at radius 2 is 1.87 bits per heavy atom. The monoisotopic (exact) mass is 333 g/mol. The van der Waals surface area contributed by atoms with Gasteiger partial charge in [-0.2, -0.15) is 0 Å². The Morgan fingerprint density at radius 1 is 1.09 bits per heavy atom. The fraction of sp³-hybridized carbons (Fsp3) is 0.353. The number of nitrogens with one attached hydrogen (secondary N) is 2. The van der Waals surface area contributed by atoms with E-state index in [4.69, 9.17) is 0 Å². The number of aryl methyl sites for hydroxylation is 1. The number of aromatic nitrogens is 1. The molecule has 1 heterocycles.